The lowest BCUT2D eigenvalue weighted by Crippen LogP contribution is -2.18. The molecule has 360 valence electrons. The Bertz CT molecular complexity index is 2050. The van der Waals surface area contributed by atoms with Crippen LogP contribution in [0.5, 0.6) is 0 Å². The van der Waals surface area contributed by atoms with Crippen LogP contribution < -0.4 is 0 Å². The van der Waals surface area contributed by atoms with Crippen molar-refractivity contribution < 1.29 is 0 Å². The first kappa shape index (κ1) is 64.8. The van der Waals surface area contributed by atoms with Gasteiger partial charge in [0.15, 0.2) is 0 Å². The standard InChI is InChI=1S/C17H20.C10H14.C9H12.3C8H10.C3H8.3CH4/c1-13-5-9-15(10-6-13)17(3,4)16-11-7-14(2)8-12-16;1-3-9-5-7-10(4-2)8-6-9;1-3-9-6-4-8(2)5-7-9;1-7-3-5-8(2)6-4-7;1-7-4-3-5-8(2)6-7;1-7-5-3-4-6-8(7)2;1-3-2;;;/h5-12H,1-4H3;5-8H,3-4H2,1-2H3;4-7H,3H2,1-2H3;3*3-6H,1-2H3;3H2,1-2H3;3*1H4. The van der Waals surface area contributed by atoms with Gasteiger partial charge < -0.3 is 0 Å². The van der Waals surface area contributed by atoms with Crippen LogP contribution in [0.15, 0.2) is 170 Å². The van der Waals surface area contributed by atoms with Gasteiger partial charge in [0.25, 0.3) is 0 Å². The van der Waals surface area contributed by atoms with Crippen LogP contribution in [0, 0.1) is 62.3 Å². The van der Waals surface area contributed by atoms with Crippen LogP contribution in [-0.2, 0) is 24.7 Å². The van der Waals surface area contributed by atoms with E-state index in [4.69, 9.17) is 0 Å². The molecule has 0 heterocycles. The fraction of sp³-hybridized carbons (Fsp3) is 0.364. The van der Waals surface area contributed by atoms with Gasteiger partial charge in [-0.15, -0.1) is 0 Å². The maximum Gasteiger partial charge on any atom is 0.0146 e. The molecule has 66 heavy (non-hydrogen) atoms. The van der Waals surface area contributed by atoms with Crippen molar-refractivity contribution in [3.63, 3.8) is 0 Å². The molecule has 7 aromatic rings. The molecule has 0 saturated heterocycles. The van der Waals surface area contributed by atoms with Gasteiger partial charge >= 0.3 is 0 Å². The van der Waals surface area contributed by atoms with Crippen molar-refractivity contribution in [2.45, 2.75) is 164 Å². The van der Waals surface area contributed by atoms with Gasteiger partial charge in [-0.3, -0.25) is 0 Å². The Labute approximate surface area is 410 Å². The van der Waals surface area contributed by atoms with E-state index < -0.39 is 0 Å². The van der Waals surface area contributed by atoms with Crippen molar-refractivity contribution in [1.29, 1.82) is 0 Å². The summed E-state index contributed by atoms with van der Waals surface area (Å²) in [5, 5.41) is 0. The van der Waals surface area contributed by atoms with Gasteiger partial charge in [-0.05, 0) is 121 Å². The van der Waals surface area contributed by atoms with Gasteiger partial charge in [-0.1, -0.05) is 286 Å². The second kappa shape index (κ2) is 36.7. The van der Waals surface area contributed by atoms with Crippen LogP contribution in [0.1, 0.15) is 155 Å². The maximum absolute atomic E-state index is 2.28. The summed E-state index contributed by atoms with van der Waals surface area (Å²) in [6.45, 7) is 34.4. The van der Waals surface area contributed by atoms with E-state index in [2.05, 4.69) is 281 Å². The third-order valence-electron chi connectivity index (χ3n) is 10.7. The molecule has 0 unspecified atom stereocenters. The predicted molar refractivity (Wildman–Crippen MR) is 304 cm³/mol. The Hall–Kier alpha value is -5.46. The molecule has 0 aromatic heterocycles. The Kier molecular flexibility index (Phi) is 36.1. The van der Waals surface area contributed by atoms with Crippen molar-refractivity contribution in [1.82, 2.24) is 0 Å². The monoisotopic (exact) mass is 889 g/mol. The second-order valence-corrected chi connectivity index (χ2v) is 17.3. The summed E-state index contributed by atoms with van der Waals surface area (Å²) >= 11 is 0. The fourth-order valence-corrected chi connectivity index (χ4v) is 6.05. The molecule has 0 nitrogen and oxygen atoms in total. The zero-order valence-corrected chi connectivity index (χ0v) is 42.5. The van der Waals surface area contributed by atoms with Crippen molar-refractivity contribution in [2.24, 2.45) is 0 Å². The molecule has 7 rings (SSSR count). The van der Waals surface area contributed by atoms with E-state index in [0.717, 1.165) is 19.3 Å². The minimum atomic E-state index is 0. The highest BCUT2D eigenvalue weighted by molar-refractivity contribution is 5.39. The number of hydrogen-bond acceptors (Lipinski definition) is 0. The zero-order valence-electron chi connectivity index (χ0n) is 42.5. The molecule has 0 radical (unpaired) electrons. The number of rotatable bonds is 5. The summed E-state index contributed by atoms with van der Waals surface area (Å²) in [4.78, 5) is 0. The van der Waals surface area contributed by atoms with Gasteiger partial charge in [-0.2, -0.15) is 0 Å². The van der Waals surface area contributed by atoms with Crippen molar-refractivity contribution in [2.75, 3.05) is 0 Å². The first-order chi connectivity index (χ1) is 30.0. The number of aryl methyl sites for hydroxylation is 12. The zero-order chi connectivity index (χ0) is 47.2. The first-order valence-electron chi connectivity index (χ1n) is 23.4. The third kappa shape index (κ3) is 27.8. The molecule has 0 aliphatic carbocycles. The van der Waals surface area contributed by atoms with Crippen LogP contribution >= 0.6 is 0 Å². The third-order valence-corrected chi connectivity index (χ3v) is 10.7. The van der Waals surface area contributed by atoms with Crippen LogP contribution in [0.25, 0.3) is 0 Å². The number of hydrogen-bond donors (Lipinski definition) is 0. The molecular formula is C66H96. The molecule has 0 spiro atoms. The molecule has 0 saturated carbocycles. The molecule has 0 N–H and O–H groups in total. The highest BCUT2D eigenvalue weighted by atomic mass is 14.3. The second-order valence-electron chi connectivity index (χ2n) is 17.3. The average Bonchev–Trinajstić information content (AvgIpc) is 3.28. The Balaban J connectivity index is -0.000000724. The summed E-state index contributed by atoms with van der Waals surface area (Å²) in [6.07, 6.45) is 4.67. The van der Waals surface area contributed by atoms with Gasteiger partial charge in [0.05, 0.1) is 0 Å². The van der Waals surface area contributed by atoms with E-state index in [0.29, 0.717) is 0 Å². The molecule has 0 atom stereocenters. The quantitative estimate of drug-likeness (QED) is 0.162. The summed E-state index contributed by atoms with van der Waals surface area (Å²) in [5.41, 5.74) is 19.1. The van der Waals surface area contributed by atoms with Crippen LogP contribution in [0.3, 0.4) is 0 Å². The average molecular weight is 889 g/mol. The fourth-order valence-electron chi connectivity index (χ4n) is 6.05. The first-order valence-corrected chi connectivity index (χ1v) is 23.4. The van der Waals surface area contributed by atoms with E-state index >= 15 is 0 Å². The lowest BCUT2D eigenvalue weighted by atomic mass is 9.78. The van der Waals surface area contributed by atoms with E-state index in [-0.39, 0.29) is 27.7 Å². The van der Waals surface area contributed by atoms with Crippen LogP contribution in [0.4, 0.5) is 0 Å². The van der Waals surface area contributed by atoms with E-state index in [1.54, 1.807) is 0 Å². The Morgan fingerprint density at radius 2 is 0.515 bits per heavy atom. The Morgan fingerprint density at radius 1 is 0.288 bits per heavy atom. The predicted octanol–water partition coefficient (Wildman–Crippen LogP) is 20.2. The van der Waals surface area contributed by atoms with Gasteiger partial charge in [0.1, 0.15) is 0 Å². The van der Waals surface area contributed by atoms with Gasteiger partial charge in [0.2, 0.25) is 0 Å². The molecular weight excluding hydrogens is 793 g/mol. The summed E-state index contributed by atoms with van der Waals surface area (Å²) in [5.74, 6) is 0. The maximum atomic E-state index is 2.28. The highest BCUT2D eigenvalue weighted by Gasteiger charge is 2.22. The van der Waals surface area contributed by atoms with Crippen LogP contribution in [0.2, 0.25) is 0 Å². The van der Waals surface area contributed by atoms with Crippen molar-refractivity contribution in [3.05, 3.63) is 248 Å². The molecule has 0 heteroatoms. The largest absolute Gasteiger partial charge is 0.0776 e. The number of benzene rings is 7. The van der Waals surface area contributed by atoms with E-state index in [1.165, 1.54) is 84.3 Å². The minimum Gasteiger partial charge on any atom is -0.0776 e. The molecule has 0 aliphatic rings. The molecule has 0 aliphatic heterocycles. The SMILES string of the molecule is C.C.C.CCC.CCc1ccc(C)cc1.CCc1ccc(CC)cc1.Cc1ccc(C(C)(C)c2ccc(C)cc2)cc1.Cc1ccc(C)cc1.Cc1cccc(C)c1.Cc1ccccc1C. The molecule has 0 amide bonds. The van der Waals surface area contributed by atoms with E-state index in [9.17, 15) is 0 Å². The molecule has 7 aromatic carbocycles. The Morgan fingerprint density at radius 3 is 0.727 bits per heavy atom. The normalized spacial score (nSPS) is 9.39. The smallest absolute Gasteiger partial charge is 0.0146 e. The van der Waals surface area contributed by atoms with Gasteiger partial charge in [-0.25, -0.2) is 0 Å². The lowest BCUT2D eigenvalue weighted by Gasteiger charge is -2.26. The van der Waals surface area contributed by atoms with E-state index in [1.807, 2.05) is 0 Å². The summed E-state index contributed by atoms with van der Waals surface area (Å²) in [6, 6.07) is 60.4. The topological polar surface area (TPSA) is 0 Å². The summed E-state index contributed by atoms with van der Waals surface area (Å²) in [7, 11) is 0. The van der Waals surface area contributed by atoms with Crippen LogP contribution in [-0.4, -0.2) is 0 Å². The highest BCUT2D eigenvalue weighted by Crippen LogP contribution is 2.31. The van der Waals surface area contributed by atoms with Crippen molar-refractivity contribution in [3.8, 4) is 0 Å². The molecule has 0 bridgehead atoms. The molecule has 0 fully saturated rings. The lowest BCUT2D eigenvalue weighted by molar-refractivity contribution is 0.640. The van der Waals surface area contributed by atoms with Gasteiger partial charge in [0, 0.05) is 5.41 Å². The minimum absolute atomic E-state index is 0. The van der Waals surface area contributed by atoms with Crippen molar-refractivity contribution >= 4 is 0 Å². The summed E-state index contributed by atoms with van der Waals surface area (Å²) < 4.78 is 0.